The van der Waals surface area contributed by atoms with Gasteiger partial charge in [-0.25, -0.2) is 4.79 Å². The maximum absolute atomic E-state index is 13.8. The number of rotatable bonds is 5. The first-order valence-electron chi connectivity index (χ1n) is 11.8. The predicted molar refractivity (Wildman–Crippen MR) is 132 cm³/mol. The normalized spacial score (nSPS) is 14.9. The van der Waals surface area contributed by atoms with Gasteiger partial charge in [-0.2, -0.15) is 13.2 Å². The lowest BCUT2D eigenvalue weighted by Gasteiger charge is -2.34. The van der Waals surface area contributed by atoms with Gasteiger partial charge >= 0.3 is 11.9 Å². The zero-order valence-corrected chi connectivity index (χ0v) is 19.7. The summed E-state index contributed by atoms with van der Waals surface area (Å²) in [4.78, 5) is 15.8. The van der Waals surface area contributed by atoms with Crippen LogP contribution >= 0.6 is 0 Å². The molecule has 0 atom stereocenters. The van der Waals surface area contributed by atoms with Crippen LogP contribution < -0.4 is 15.3 Å². The standard InChI is InChI=1S/C27H26F3N3O3/c1-36-24-12-6-10-22-25(24)32(17-18-7-2-3-8-20(18)27(28,29)30)26(35)33(22)19-13-15-31(16-14-19)21-9-4-5-11-23(21)34/h2-12,19,34H,13-17H2,1H3. The molecule has 188 valence electrons. The van der Waals surface area contributed by atoms with Crippen LogP contribution in [-0.2, 0) is 12.7 Å². The Labute approximate surface area is 205 Å². The van der Waals surface area contributed by atoms with Gasteiger partial charge in [0.2, 0.25) is 0 Å². The molecule has 0 spiro atoms. The SMILES string of the molecule is COc1cccc2c1n(Cc1ccccc1C(F)(F)F)c(=O)n2C1CCN(c2ccccc2O)CC1. The Morgan fingerprint density at radius 2 is 1.67 bits per heavy atom. The lowest BCUT2D eigenvalue weighted by molar-refractivity contribution is -0.138. The highest BCUT2D eigenvalue weighted by Crippen LogP contribution is 2.36. The average Bonchev–Trinajstić information content (AvgIpc) is 3.15. The van der Waals surface area contributed by atoms with Crippen molar-refractivity contribution in [2.45, 2.75) is 31.6 Å². The van der Waals surface area contributed by atoms with E-state index in [9.17, 15) is 23.1 Å². The van der Waals surface area contributed by atoms with E-state index in [-0.39, 0.29) is 29.6 Å². The van der Waals surface area contributed by atoms with Crippen LogP contribution in [0.15, 0.2) is 71.5 Å². The van der Waals surface area contributed by atoms with Crippen molar-refractivity contribution in [1.82, 2.24) is 9.13 Å². The molecule has 2 heterocycles. The van der Waals surface area contributed by atoms with Crippen molar-refractivity contribution in [3.05, 3.63) is 88.3 Å². The third-order valence-electron chi connectivity index (χ3n) is 6.87. The third-order valence-corrected chi connectivity index (χ3v) is 6.87. The number of benzene rings is 3. The summed E-state index contributed by atoms with van der Waals surface area (Å²) >= 11 is 0. The van der Waals surface area contributed by atoms with E-state index in [2.05, 4.69) is 4.90 Å². The Bertz CT molecular complexity index is 1450. The molecule has 36 heavy (non-hydrogen) atoms. The lowest BCUT2D eigenvalue weighted by Crippen LogP contribution is -2.38. The quantitative estimate of drug-likeness (QED) is 0.400. The first-order valence-corrected chi connectivity index (χ1v) is 11.8. The van der Waals surface area contributed by atoms with Crippen LogP contribution in [0.4, 0.5) is 18.9 Å². The summed E-state index contributed by atoms with van der Waals surface area (Å²) in [5.41, 5.74) is 0.744. The molecule has 4 aromatic rings. The van der Waals surface area contributed by atoms with E-state index in [1.165, 1.54) is 23.8 Å². The Hall–Kier alpha value is -3.88. The number of para-hydroxylation sites is 3. The van der Waals surface area contributed by atoms with E-state index in [0.29, 0.717) is 42.7 Å². The maximum atomic E-state index is 13.8. The Kier molecular flexibility index (Phi) is 6.15. The molecule has 1 N–H and O–H groups in total. The zero-order valence-electron chi connectivity index (χ0n) is 19.7. The maximum Gasteiger partial charge on any atom is 0.416 e. The molecule has 0 unspecified atom stereocenters. The number of nitrogens with zero attached hydrogens (tertiary/aromatic N) is 3. The average molecular weight is 498 g/mol. The number of piperidine rings is 1. The number of hydrogen-bond donors (Lipinski definition) is 1. The largest absolute Gasteiger partial charge is 0.506 e. The molecule has 3 aromatic carbocycles. The fourth-order valence-corrected chi connectivity index (χ4v) is 5.17. The van der Waals surface area contributed by atoms with Crippen LogP contribution in [0.3, 0.4) is 0 Å². The van der Waals surface area contributed by atoms with Crippen molar-refractivity contribution in [2.24, 2.45) is 0 Å². The van der Waals surface area contributed by atoms with E-state index in [4.69, 9.17) is 4.74 Å². The van der Waals surface area contributed by atoms with E-state index in [1.807, 2.05) is 12.1 Å². The van der Waals surface area contributed by atoms with Crippen LogP contribution in [0.5, 0.6) is 11.5 Å². The van der Waals surface area contributed by atoms with Gasteiger partial charge < -0.3 is 14.7 Å². The summed E-state index contributed by atoms with van der Waals surface area (Å²) in [7, 11) is 1.48. The molecule has 0 radical (unpaired) electrons. The summed E-state index contributed by atoms with van der Waals surface area (Å²) in [6.07, 6.45) is -3.24. The van der Waals surface area contributed by atoms with Crippen molar-refractivity contribution < 1.29 is 23.0 Å². The molecule has 5 rings (SSSR count). The van der Waals surface area contributed by atoms with Crippen LogP contribution in [0.1, 0.15) is 30.0 Å². The molecule has 1 saturated heterocycles. The number of aromatic nitrogens is 2. The molecule has 1 aliphatic heterocycles. The number of phenolic OH excluding ortho intramolecular Hbond substituents is 1. The number of fused-ring (bicyclic) bond motifs is 1. The van der Waals surface area contributed by atoms with Crippen molar-refractivity contribution in [3.8, 4) is 11.5 Å². The van der Waals surface area contributed by atoms with Gasteiger partial charge in [0, 0.05) is 19.1 Å². The van der Waals surface area contributed by atoms with Gasteiger partial charge in [-0.1, -0.05) is 36.4 Å². The van der Waals surface area contributed by atoms with Crippen molar-refractivity contribution in [3.63, 3.8) is 0 Å². The summed E-state index contributed by atoms with van der Waals surface area (Å²) in [5.74, 6) is 0.636. The second-order valence-electron chi connectivity index (χ2n) is 8.93. The number of methoxy groups -OCH3 is 1. The van der Waals surface area contributed by atoms with Gasteiger partial charge in [0.15, 0.2) is 0 Å². The molecule has 1 aromatic heterocycles. The number of ether oxygens (including phenoxy) is 1. The minimum atomic E-state index is -4.53. The van der Waals surface area contributed by atoms with Crippen LogP contribution in [0.2, 0.25) is 0 Å². The van der Waals surface area contributed by atoms with Crippen LogP contribution in [0.25, 0.3) is 11.0 Å². The Balaban J connectivity index is 1.55. The molecule has 0 saturated carbocycles. The Morgan fingerprint density at radius 3 is 2.36 bits per heavy atom. The highest BCUT2D eigenvalue weighted by molar-refractivity contribution is 5.83. The molecule has 9 heteroatoms. The number of anilines is 1. The molecule has 6 nitrogen and oxygen atoms in total. The monoisotopic (exact) mass is 497 g/mol. The number of imidazole rings is 1. The second kappa shape index (κ2) is 9.29. The first-order chi connectivity index (χ1) is 17.3. The summed E-state index contributed by atoms with van der Waals surface area (Å²) in [6.45, 7) is 1.03. The van der Waals surface area contributed by atoms with Crippen LogP contribution in [-0.4, -0.2) is 34.4 Å². The topological polar surface area (TPSA) is 59.6 Å². The van der Waals surface area contributed by atoms with Crippen LogP contribution in [0, 0.1) is 0 Å². The highest BCUT2D eigenvalue weighted by atomic mass is 19.4. The molecule has 1 aliphatic rings. The van der Waals surface area contributed by atoms with Crippen molar-refractivity contribution in [2.75, 3.05) is 25.1 Å². The highest BCUT2D eigenvalue weighted by Gasteiger charge is 2.34. The summed E-state index contributed by atoms with van der Waals surface area (Å²) in [6, 6.07) is 17.6. The number of halogens is 3. The zero-order chi connectivity index (χ0) is 25.4. The summed E-state index contributed by atoms with van der Waals surface area (Å²) in [5, 5.41) is 10.2. The van der Waals surface area contributed by atoms with Crippen molar-refractivity contribution >= 4 is 16.7 Å². The summed E-state index contributed by atoms with van der Waals surface area (Å²) < 4.78 is 49.6. The van der Waals surface area contributed by atoms with E-state index in [0.717, 1.165) is 11.8 Å². The number of aromatic hydroxyl groups is 1. The lowest BCUT2D eigenvalue weighted by atomic mass is 10.0. The first kappa shape index (κ1) is 23.8. The fraction of sp³-hybridized carbons (Fsp3) is 0.296. The van der Waals surface area contributed by atoms with Gasteiger partial charge in [-0.3, -0.25) is 9.13 Å². The minimum absolute atomic E-state index is 0.0198. The van der Waals surface area contributed by atoms with Gasteiger partial charge in [0.25, 0.3) is 0 Å². The predicted octanol–water partition coefficient (Wildman–Crippen LogP) is 5.43. The number of phenols is 1. The minimum Gasteiger partial charge on any atom is -0.506 e. The molecule has 0 aliphatic carbocycles. The van der Waals surface area contributed by atoms with Gasteiger partial charge in [0.1, 0.15) is 17.0 Å². The second-order valence-corrected chi connectivity index (χ2v) is 8.93. The van der Waals surface area contributed by atoms with Gasteiger partial charge in [0.05, 0.1) is 30.4 Å². The molecule has 0 bridgehead atoms. The number of alkyl halides is 3. The Morgan fingerprint density at radius 1 is 0.972 bits per heavy atom. The molecular weight excluding hydrogens is 471 g/mol. The van der Waals surface area contributed by atoms with E-state index < -0.39 is 11.7 Å². The van der Waals surface area contributed by atoms with Gasteiger partial charge in [-0.15, -0.1) is 0 Å². The fourth-order valence-electron chi connectivity index (χ4n) is 5.17. The molecular formula is C27H26F3N3O3. The third kappa shape index (κ3) is 4.19. The van der Waals surface area contributed by atoms with Gasteiger partial charge in [-0.05, 0) is 48.7 Å². The van der Waals surface area contributed by atoms with E-state index in [1.54, 1.807) is 41.0 Å². The van der Waals surface area contributed by atoms with Crippen molar-refractivity contribution in [1.29, 1.82) is 0 Å². The smallest absolute Gasteiger partial charge is 0.416 e. The molecule has 0 amide bonds. The molecule has 1 fully saturated rings. The number of hydrogen-bond acceptors (Lipinski definition) is 4. The van der Waals surface area contributed by atoms with E-state index >= 15 is 0 Å².